The molecule has 0 fully saturated rings. The fourth-order valence-corrected chi connectivity index (χ4v) is 2.29. The number of carbonyl (C=O) groups excluding carboxylic acids is 2. The Morgan fingerprint density at radius 3 is 2.50 bits per heavy atom. The van der Waals surface area contributed by atoms with Crippen molar-refractivity contribution in [2.45, 2.75) is 0 Å². The summed E-state index contributed by atoms with van der Waals surface area (Å²) in [7, 11) is 0. The van der Waals surface area contributed by atoms with Gasteiger partial charge in [0.05, 0.1) is 4.34 Å². The van der Waals surface area contributed by atoms with Crippen LogP contribution in [-0.2, 0) is 9.53 Å². The molecule has 0 unspecified atom stereocenters. The van der Waals surface area contributed by atoms with Crippen LogP contribution in [0.5, 0.6) is 0 Å². The minimum Gasteiger partial charge on any atom is -0.451 e. The third-order valence-corrected chi connectivity index (χ3v) is 3.45. The molecule has 20 heavy (non-hydrogen) atoms. The molecular weight excluding hydrogens is 305 g/mol. The number of rotatable bonds is 4. The lowest BCUT2D eigenvalue weighted by Gasteiger charge is -2.05. The highest BCUT2D eigenvalue weighted by Gasteiger charge is 2.12. The number of esters is 1. The zero-order chi connectivity index (χ0) is 14.5. The summed E-state index contributed by atoms with van der Waals surface area (Å²) in [6.45, 7) is -0.425. The molecule has 7 heteroatoms. The lowest BCUT2D eigenvalue weighted by atomic mass is 10.3. The Bertz CT molecular complexity index is 627. The van der Waals surface area contributed by atoms with Crippen LogP contribution in [0.15, 0.2) is 36.4 Å². The van der Waals surface area contributed by atoms with Crippen molar-refractivity contribution in [3.8, 4) is 0 Å². The van der Waals surface area contributed by atoms with Crippen LogP contribution in [-0.4, -0.2) is 18.5 Å². The summed E-state index contributed by atoms with van der Waals surface area (Å²) in [5.74, 6) is -1.52. The molecule has 2 aromatic rings. The average Bonchev–Trinajstić information content (AvgIpc) is 2.85. The highest BCUT2D eigenvalue weighted by molar-refractivity contribution is 7.17. The number of ether oxygens (including phenoxy) is 1. The van der Waals surface area contributed by atoms with Crippen molar-refractivity contribution in [1.29, 1.82) is 0 Å². The van der Waals surface area contributed by atoms with Crippen molar-refractivity contribution in [2.24, 2.45) is 0 Å². The molecule has 4 nitrogen and oxygen atoms in total. The van der Waals surface area contributed by atoms with Crippen LogP contribution >= 0.6 is 22.9 Å². The number of hydrogen-bond acceptors (Lipinski definition) is 4. The molecule has 0 radical (unpaired) electrons. The summed E-state index contributed by atoms with van der Waals surface area (Å²) in [6.07, 6.45) is 0. The van der Waals surface area contributed by atoms with E-state index in [-0.39, 0.29) is 0 Å². The van der Waals surface area contributed by atoms with E-state index in [1.54, 1.807) is 6.07 Å². The van der Waals surface area contributed by atoms with Gasteiger partial charge in [-0.2, -0.15) is 0 Å². The lowest BCUT2D eigenvalue weighted by Crippen LogP contribution is -2.20. The van der Waals surface area contributed by atoms with Gasteiger partial charge in [-0.25, -0.2) is 9.18 Å². The maximum atomic E-state index is 12.7. The van der Waals surface area contributed by atoms with E-state index in [0.717, 1.165) is 11.3 Å². The van der Waals surface area contributed by atoms with E-state index >= 15 is 0 Å². The lowest BCUT2D eigenvalue weighted by molar-refractivity contribution is -0.119. The summed E-state index contributed by atoms with van der Waals surface area (Å²) in [6, 6.07) is 8.35. The van der Waals surface area contributed by atoms with Crippen molar-refractivity contribution in [1.82, 2.24) is 0 Å². The standard InChI is InChI=1S/C13H9ClFNO3S/c14-11-6-5-10(20-11)13(18)19-7-12(17)16-9-3-1-8(15)2-4-9/h1-6H,7H2,(H,16,17). The molecule has 0 atom stereocenters. The Morgan fingerprint density at radius 1 is 1.20 bits per heavy atom. The first-order chi connectivity index (χ1) is 9.54. The quantitative estimate of drug-likeness (QED) is 0.881. The van der Waals surface area contributed by atoms with Crippen LogP contribution in [0.2, 0.25) is 4.34 Å². The summed E-state index contributed by atoms with van der Waals surface area (Å²) < 4.78 is 18.0. The van der Waals surface area contributed by atoms with E-state index in [0.29, 0.717) is 14.9 Å². The summed E-state index contributed by atoms with van der Waals surface area (Å²) in [4.78, 5) is 23.4. The number of thiophene rings is 1. The Balaban J connectivity index is 1.83. The van der Waals surface area contributed by atoms with Crippen molar-refractivity contribution in [2.75, 3.05) is 11.9 Å². The Labute approximate surface area is 123 Å². The third-order valence-electron chi connectivity index (χ3n) is 2.24. The van der Waals surface area contributed by atoms with Gasteiger partial charge in [0.25, 0.3) is 5.91 Å². The molecule has 1 aromatic carbocycles. The van der Waals surface area contributed by atoms with Crippen molar-refractivity contribution < 1.29 is 18.7 Å². The van der Waals surface area contributed by atoms with E-state index in [9.17, 15) is 14.0 Å². The Kier molecular flexibility index (Phi) is 4.70. The fourth-order valence-electron chi connectivity index (χ4n) is 1.36. The number of halogens is 2. The maximum Gasteiger partial charge on any atom is 0.348 e. The van der Waals surface area contributed by atoms with E-state index in [1.807, 2.05) is 0 Å². The monoisotopic (exact) mass is 313 g/mol. The first-order valence-electron chi connectivity index (χ1n) is 5.52. The number of anilines is 1. The van der Waals surface area contributed by atoms with Gasteiger partial charge in [0.2, 0.25) is 0 Å². The molecule has 0 saturated carbocycles. The molecule has 1 aromatic heterocycles. The number of amides is 1. The molecule has 1 heterocycles. The highest BCUT2D eigenvalue weighted by Crippen LogP contribution is 2.21. The van der Waals surface area contributed by atoms with Crippen molar-refractivity contribution >= 4 is 40.5 Å². The topological polar surface area (TPSA) is 55.4 Å². The molecule has 0 saturated heterocycles. The largest absolute Gasteiger partial charge is 0.451 e. The number of carbonyl (C=O) groups is 2. The van der Waals surface area contributed by atoms with Crippen LogP contribution in [0.25, 0.3) is 0 Å². The molecule has 0 bridgehead atoms. The maximum absolute atomic E-state index is 12.7. The van der Waals surface area contributed by atoms with Crippen molar-refractivity contribution in [3.63, 3.8) is 0 Å². The predicted molar refractivity (Wildman–Crippen MR) is 74.6 cm³/mol. The summed E-state index contributed by atoms with van der Waals surface area (Å²) in [5, 5.41) is 2.48. The second kappa shape index (κ2) is 6.49. The van der Waals surface area contributed by atoms with Gasteiger partial charge in [-0.05, 0) is 36.4 Å². The van der Waals surface area contributed by atoms with Gasteiger partial charge in [-0.15, -0.1) is 11.3 Å². The van der Waals surface area contributed by atoms with Gasteiger partial charge in [-0.1, -0.05) is 11.6 Å². The molecule has 0 aliphatic carbocycles. The summed E-state index contributed by atoms with van der Waals surface area (Å²) >= 11 is 6.76. The minimum absolute atomic E-state index is 0.324. The van der Waals surface area contributed by atoms with Gasteiger partial charge in [-0.3, -0.25) is 4.79 Å². The molecule has 1 amide bonds. The Hall–Kier alpha value is -1.92. The molecule has 0 aliphatic heterocycles. The highest BCUT2D eigenvalue weighted by atomic mass is 35.5. The molecule has 1 N–H and O–H groups in total. The molecule has 104 valence electrons. The zero-order valence-electron chi connectivity index (χ0n) is 10.1. The van der Waals surface area contributed by atoms with Gasteiger partial charge >= 0.3 is 5.97 Å². The van der Waals surface area contributed by atoms with Crippen molar-refractivity contribution in [3.05, 3.63) is 51.4 Å². The van der Waals surface area contributed by atoms with E-state index in [2.05, 4.69) is 5.32 Å². The minimum atomic E-state index is -0.615. The van der Waals surface area contributed by atoms with Gasteiger partial charge < -0.3 is 10.1 Å². The molecular formula is C13H9ClFNO3S. The number of hydrogen-bond donors (Lipinski definition) is 1. The molecule has 2 rings (SSSR count). The van der Waals surface area contributed by atoms with Crippen LogP contribution in [0.4, 0.5) is 10.1 Å². The van der Waals surface area contributed by atoms with E-state index < -0.39 is 24.3 Å². The third kappa shape index (κ3) is 4.04. The van der Waals surface area contributed by atoms with Crippen LogP contribution in [0.1, 0.15) is 9.67 Å². The molecule has 0 spiro atoms. The zero-order valence-corrected chi connectivity index (χ0v) is 11.6. The number of nitrogens with one attached hydrogen (secondary N) is 1. The average molecular weight is 314 g/mol. The second-order valence-corrected chi connectivity index (χ2v) is 5.45. The van der Waals surface area contributed by atoms with Crippen LogP contribution in [0, 0.1) is 5.82 Å². The second-order valence-electron chi connectivity index (χ2n) is 3.73. The SMILES string of the molecule is O=C(COC(=O)c1ccc(Cl)s1)Nc1ccc(F)cc1. The van der Waals surface area contributed by atoms with E-state index in [1.165, 1.54) is 30.3 Å². The normalized spacial score (nSPS) is 10.1. The first-order valence-corrected chi connectivity index (χ1v) is 6.72. The first kappa shape index (κ1) is 14.5. The number of benzene rings is 1. The van der Waals surface area contributed by atoms with Gasteiger partial charge in [0, 0.05) is 5.69 Å². The predicted octanol–water partition coefficient (Wildman–Crippen LogP) is 3.34. The molecule has 0 aliphatic rings. The smallest absolute Gasteiger partial charge is 0.348 e. The van der Waals surface area contributed by atoms with E-state index in [4.69, 9.17) is 16.3 Å². The van der Waals surface area contributed by atoms with Gasteiger partial charge in [0.1, 0.15) is 10.7 Å². The van der Waals surface area contributed by atoms with Crippen LogP contribution in [0.3, 0.4) is 0 Å². The summed E-state index contributed by atoms with van der Waals surface area (Å²) in [5.41, 5.74) is 0.423. The Morgan fingerprint density at radius 2 is 1.90 bits per heavy atom. The van der Waals surface area contributed by atoms with Crippen LogP contribution < -0.4 is 5.32 Å². The fraction of sp³-hybridized carbons (Fsp3) is 0.0769. The van der Waals surface area contributed by atoms with Gasteiger partial charge in [0.15, 0.2) is 6.61 Å².